The fraction of sp³-hybridized carbons (Fsp3) is 0.529. The fourth-order valence-electron chi connectivity index (χ4n) is 2.69. The molecule has 1 aromatic carbocycles. The molecule has 1 fully saturated rings. The second-order valence-corrected chi connectivity index (χ2v) is 8.43. The summed E-state index contributed by atoms with van der Waals surface area (Å²) in [5, 5.41) is -0.0592. The Morgan fingerprint density at radius 3 is 2.41 bits per heavy atom. The van der Waals surface area contributed by atoms with Gasteiger partial charge in [0.1, 0.15) is 4.90 Å². The zero-order chi connectivity index (χ0) is 20.0. The highest BCUT2D eigenvalue weighted by Crippen LogP contribution is 2.25. The number of carbonyl (C=O) groups is 2. The van der Waals surface area contributed by atoms with E-state index in [-0.39, 0.29) is 28.0 Å². The van der Waals surface area contributed by atoms with E-state index in [2.05, 4.69) is 0 Å². The van der Waals surface area contributed by atoms with Gasteiger partial charge in [-0.2, -0.15) is 0 Å². The van der Waals surface area contributed by atoms with Crippen LogP contribution < -0.4 is 0 Å². The Labute approximate surface area is 164 Å². The van der Waals surface area contributed by atoms with Gasteiger partial charge in [0.2, 0.25) is 0 Å². The second-order valence-electron chi connectivity index (χ2n) is 6.11. The number of nitrogens with zero attached hydrogens (tertiary/aromatic N) is 2. The molecule has 10 heteroatoms. The number of amides is 1. The minimum atomic E-state index is -4.03. The molecule has 1 aromatic rings. The molecule has 0 radical (unpaired) electrons. The molecule has 1 aliphatic heterocycles. The van der Waals surface area contributed by atoms with Crippen molar-refractivity contribution < 1.29 is 27.6 Å². The van der Waals surface area contributed by atoms with Crippen molar-refractivity contribution in [3.8, 4) is 0 Å². The van der Waals surface area contributed by atoms with Gasteiger partial charge in [0.25, 0.3) is 15.9 Å². The van der Waals surface area contributed by atoms with Crippen molar-refractivity contribution in [2.45, 2.75) is 30.6 Å². The Bertz CT molecular complexity index is 791. The lowest BCUT2D eigenvalue weighted by molar-refractivity contribution is -0.134. The number of hydroxylamine groups is 1. The van der Waals surface area contributed by atoms with Gasteiger partial charge in [0, 0.05) is 20.1 Å². The van der Waals surface area contributed by atoms with Gasteiger partial charge in [-0.3, -0.25) is 9.63 Å². The topological polar surface area (TPSA) is 93.2 Å². The Hall–Kier alpha value is -1.68. The van der Waals surface area contributed by atoms with E-state index in [9.17, 15) is 18.0 Å². The average molecular weight is 419 g/mol. The quantitative estimate of drug-likeness (QED) is 0.518. The summed E-state index contributed by atoms with van der Waals surface area (Å²) in [6, 6.07) is 3.73. The van der Waals surface area contributed by atoms with Crippen LogP contribution in [-0.4, -0.2) is 63.5 Å². The van der Waals surface area contributed by atoms with Crippen LogP contribution in [-0.2, 0) is 24.4 Å². The van der Waals surface area contributed by atoms with E-state index in [1.807, 2.05) is 0 Å². The van der Waals surface area contributed by atoms with Crippen LogP contribution in [0.4, 0.5) is 0 Å². The number of carbonyl (C=O) groups excluding carboxylic acids is 2. The molecule has 0 saturated carbocycles. The van der Waals surface area contributed by atoms with Crippen LogP contribution in [0.15, 0.2) is 23.1 Å². The number of esters is 1. The predicted molar refractivity (Wildman–Crippen MR) is 98.7 cm³/mol. The first kappa shape index (κ1) is 21.6. The third-order valence-corrected chi connectivity index (χ3v) is 6.49. The Morgan fingerprint density at radius 1 is 1.19 bits per heavy atom. The molecule has 0 atom stereocenters. The first-order valence-electron chi connectivity index (χ1n) is 8.55. The maximum Gasteiger partial charge on any atom is 0.338 e. The van der Waals surface area contributed by atoms with Crippen LogP contribution in [0.25, 0.3) is 0 Å². The van der Waals surface area contributed by atoms with E-state index in [1.54, 1.807) is 4.90 Å². The summed E-state index contributed by atoms with van der Waals surface area (Å²) in [4.78, 5) is 30.6. The summed E-state index contributed by atoms with van der Waals surface area (Å²) in [6.45, 7) is 0.924. The van der Waals surface area contributed by atoms with E-state index in [1.165, 1.54) is 26.3 Å². The van der Waals surface area contributed by atoms with Gasteiger partial charge in [-0.25, -0.2) is 13.2 Å². The number of halogens is 1. The summed E-state index contributed by atoms with van der Waals surface area (Å²) >= 11 is 5.96. The van der Waals surface area contributed by atoms with E-state index < -0.39 is 16.0 Å². The van der Waals surface area contributed by atoms with Crippen molar-refractivity contribution in [1.29, 1.82) is 0 Å². The van der Waals surface area contributed by atoms with E-state index in [0.717, 1.165) is 31.7 Å². The summed E-state index contributed by atoms with van der Waals surface area (Å²) in [7, 11) is -1.63. The molecule has 1 heterocycles. The molecule has 0 aromatic heterocycles. The molecule has 0 bridgehead atoms. The van der Waals surface area contributed by atoms with E-state index in [4.69, 9.17) is 21.2 Å². The van der Waals surface area contributed by atoms with Crippen molar-refractivity contribution in [2.75, 3.05) is 33.9 Å². The highest BCUT2D eigenvalue weighted by molar-refractivity contribution is 7.89. The molecule has 1 aliphatic rings. The first-order valence-corrected chi connectivity index (χ1v) is 10.4. The number of benzene rings is 1. The minimum Gasteiger partial charge on any atom is -0.452 e. The molecule has 1 amide bonds. The van der Waals surface area contributed by atoms with Gasteiger partial charge < -0.3 is 9.64 Å². The lowest BCUT2D eigenvalue weighted by Crippen LogP contribution is -2.35. The van der Waals surface area contributed by atoms with Crippen LogP contribution >= 0.6 is 11.6 Å². The van der Waals surface area contributed by atoms with Crippen molar-refractivity contribution in [1.82, 2.24) is 9.37 Å². The van der Waals surface area contributed by atoms with Crippen LogP contribution in [0, 0.1) is 0 Å². The predicted octanol–water partition coefficient (Wildman–Crippen LogP) is 2.08. The first-order chi connectivity index (χ1) is 12.8. The highest BCUT2D eigenvalue weighted by Gasteiger charge is 2.26. The molecule has 0 N–H and O–H groups in total. The lowest BCUT2D eigenvalue weighted by atomic mass is 10.2. The fourth-order valence-corrected chi connectivity index (χ4v) is 4.16. The normalized spacial score (nSPS) is 15.5. The maximum absolute atomic E-state index is 12.4. The van der Waals surface area contributed by atoms with Crippen molar-refractivity contribution in [3.05, 3.63) is 28.8 Å². The number of rotatable bonds is 6. The van der Waals surface area contributed by atoms with Gasteiger partial charge >= 0.3 is 5.97 Å². The molecule has 2 rings (SSSR count). The van der Waals surface area contributed by atoms with Crippen LogP contribution in [0.3, 0.4) is 0 Å². The van der Waals surface area contributed by atoms with E-state index in [0.29, 0.717) is 17.6 Å². The summed E-state index contributed by atoms with van der Waals surface area (Å²) in [6.07, 6.45) is 4.04. The largest absolute Gasteiger partial charge is 0.452 e. The molecule has 0 unspecified atom stereocenters. The SMILES string of the molecule is CON(C)S(=O)(=O)c1cc(C(=O)OCC(=O)N2CCCCCC2)ccc1Cl. The summed E-state index contributed by atoms with van der Waals surface area (Å²) in [5.74, 6) is -1.06. The molecule has 27 heavy (non-hydrogen) atoms. The lowest BCUT2D eigenvalue weighted by Gasteiger charge is -2.20. The van der Waals surface area contributed by atoms with Gasteiger partial charge in [-0.15, -0.1) is 0 Å². The molecule has 8 nitrogen and oxygen atoms in total. The van der Waals surface area contributed by atoms with Gasteiger partial charge in [0.15, 0.2) is 6.61 Å². The number of hydrogen-bond donors (Lipinski definition) is 0. The smallest absolute Gasteiger partial charge is 0.338 e. The standard InChI is InChI=1S/C17H23ClN2O6S/c1-19(25-2)27(23,24)15-11-13(7-8-14(15)18)17(22)26-12-16(21)20-9-5-3-4-6-10-20/h7-8,11H,3-6,9-10,12H2,1-2H3. The van der Waals surface area contributed by atoms with Crippen LogP contribution in [0.1, 0.15) is 36.0 Å². The number of sulfonamides is 1. The number of ether oxygens (including phenoxy) is 1. The second kappa shape index (κ2) is 9.50. The van der Waals surface area contributed by atoms with Crippen molar-refractivity contribution in [3.63, 3.8) is 0 Å². The molecular weight excluding hydrogens is 396 g/mol. The van der Waals surface area contributed by atoms with E-state index >= 15 is 0 Å². The molecule has 150 valence electrons. The Kier molecular flexibility index (Phi) is 7.60. The molecule has 0 aliphatic carbocycles. The molecule has 1 saturated heterocycles. The Morgan fingerprint density at radius 2 is 1.81 bits per heavy atom. The third kappa shape index (κ3) is 5.41. The highest BCUT2D eigenvalue weighted by atomic mass is 35.5. The van der Waals surface area contributed by atoms with Gasteiger partial charge in [-0.05, 0) is 31.0 Å². The zero-order valence-corrected chi connectivity index (χ0v) is 16.9. The van der Waals surface area contributed by atoms with Gasteiger partial charge in [-0.1, -0.05) is 28.9 Å². The summed E-state index contributed by atoms with van der Waals surface area (Å²) in [5.41, 5.74) is -0.0221. The maximum atomic E-state index is 12.4. The van der Waals surface area contributed by atoms with Crippen LogP contribution in [0.5, 0.6) is 0 Å². The number of likely N-dealkylation sites (tertiary alicyclic amines) is 1. The Balaban J connectivity index is 2.08. The van der Waals surface area contributed by atoms with Gasteiger partial charge in [0.05, 0.1) is 17.7 Å². The average Bonchev–Trinajstić information content (AvgIpc) is 2.94. The molecular formula is C17H23ClN2O6S. The van der Waals surface area contributed by atoms with Crippen molar-refractivity contribution >= 4 is 33.5 Å². The zero-order valence-electron chi connectivity index (χ0n) is 15.3. The number of hydrogen-bond acceptors (Lipinski definition) is 6. The summed E-state index contributed by atoms with van der Waals surface area (Å²) < 4.78 is 30.4. The minimum absolute atomic E-state index is 0.0221. The molecule has 0 spiro atoms. The monoisotopic (exact) mass is 418 g/mol. The third-order valence-electron chi connectivity index (χ3n) is 4.33. The van der Waals surface area contributed by atoms with Crippen LogP contribution in [0.2, 0.25) is 5.02 Å². The van der Waals surface area contributed by atoms with Crippen molar-refractivity contribution in [2.24, 2.45) is 0 Å².